The lowest BCUT2D eigenvalue weighted by molar-refractivity contribution is 0.372. The van der Waals surface area contributed by atoms with Crippen LogP contribution in [0.2, 0.25) is 0 Å². The summed E-state index contributed by atoms with van der Waals surface area (Å²) in [5.74, 6) is 1.47. The van der Waals surface area contributed by atoms with Gasteiger partial charge in [0.1, 0.15) is 0 Å². The fourth-order valence-electron chi connectivity index (χ4n) is 1.77. The molecule has 0 aliphatic heterocycles. The molecule has 0 radical (unpaired) electrons. The Kier molecular flexibility index (Phi) is 4.44. The lowest BCUT2D eigenvalue weighted by Crippen LogP contribution is -2.10. The van der Waals surface area contributed by atoms with Crippen LogP contribution in [0.25, 0.3) is 0 Å². The van der Waals surface area contributed by atoms with Crippen LogP contribution < -0.4 is 10.5 Å². The third-order valence-electron chi connectivity index (χ3n) is 2.92. The summed E-state index contributed by atoms with van der Waals surface area (Å²) in [4.78, 5) is 0. The molecule has 0 amide bonds. The van der Waals surface area contributed by atoms with Gasteiger partial charge in [-0.3, -0.25) is 0 Å². The number of phenolic OH excluding ortho intramolecular Hbond substituents is 1. The molecule has 0 unspecified atom stereocenters. The molecule has 1 fully saturated rings. The monoisotopic (exact) mass is 243 g/mol. The maximum Gasteiger partial charge on any atom is 0.160 e. The number of phenols is 1. The van der Waals surface area contributed by atoms with Crippen LogP contribution in [0.3, 0.4) is 0 Å². The summed E-state index contributed by atoms with van der Waals surface area (Å²) >= 11 is 0. The van der Waals surface area contributed by atoms with Gasteiger partial charge in [-0.25, -0.2) is 0 Å². The number of aromatic hydroxyl groups is 1. The lowest BCUT2D eigenvalue weighted by Gasteiger charge is -2.13. The number of hydrogen-bond donors (Lipinski definition) is 2. The largest absolute Gasteiger partial charge is 0.504 e. The molecule has 0 heterocycles. The predicted molar refractivity (Wildman–Crippen MR) is 66.2 cm³/mol. The quantitative estimate of drug-likeness (QED) is 0.855. The van der Waals surface area contributed by atoms with E-state index < -0.39 is 0 Å². The Morgan fingerprint density at radius 1 is 1.50 bits per heavy atom. The molecule has 1 aromatic rings. The van der Waals surface area contributed by atoms with Crippen LogP contribution in [0.5, 0.6) is 11.5 Å². The van der Waals surface area contributed by atoms with E-state index in [1.54, 1.807) is 13.2 Å². The van der Waals surface area contributed by atoms with Crippen LogP contribution in [-0.4, -0.2) is 12.2 Å². The van der Waals surface area contributed by atoms with Gasteiger partial charge in [0.05, 0.1) is 7.11 Å². The second-order valence-corrected chi connectivity index (χ2v) is 4.22. The minimum Gasteiger partial charge on any atom is -0.504 e. The molecule has 0 bridgehead atoms. The average molecular weight is 244 g/mol. The molecule has 3 N–H and O–H groups in total. The summed E-state index contributed by atoms with van der Waals surface area (Å²) in [5, 5.41) is 9.45. The topological polar surface area (TPSA) is 55.5 Å². The molecular formula is C12H18ClNO2. The second-order valence-electron chi connectivity index (χ2n) is 4.22. The van der Waals surface area contributed by atoms with Crippen LogP contribution >= 0.6 is 12.4 Å². The maximum atomic E-state index is 9.45. The van der Waals surface area contributed by atoms with Gasteiger partial charge < -0.3 is 15.6 Å². The Morgan fingerprint density at radius 3 is 2.75 bits per heavy atom. The molecule has 0 aromatic heterocycles. The van der Waals surface area contributed by atoms with Crippen LogP contribution in [0.4, 0.5) is 0 Å². The van der Waals surface area contributed by atoms with Gasteiger partial charge >= 0.3 is 0 Å². The summed E-state index contributed by atoms with van der Waals surface area (Å²) in [7, 11) is 1.55. The van der Waals surface area contributed by atoms with Crippen LogP contribution in [0.15, 0.2) is 18.2 Å². The summed E-state index contributed by atoms with van der Waals surface area (Å²) in [6.07, 6.45) is 3.65. The molecular weight excluding hydrogens is 226 g/mol. The van der Waals surface area contributed by atoms with E-state index in [0.717, 1.165) is 17.9 Å². The standard InChI is InChI=1S/C12H17NO2.ClH/c1-15-12-7-9(4-5-11(12)14)10(13)6-8-2-3-8;/h4-5,7-8,10,14H,2-3,6,13H2,1H3;1H/t10-;/m0./s1. The molecule has 0 saturated heterocycles. The zero-order chi connectivity index (χ0) is 10.8. The summed E-state index contributed by atoms with van der Waals surface area (Å²) in [6.45, 7) is 0. The van der Waals surface area contributed by atoms with Gasteiger partial charge in [-0.05, 0) is 30.0 Å². The van der Waals surface area contributed by atoms with Crippen molar-refractivity contribution in [3.05, 3.63) is 23.8 Å². The molecule has 4 heteroatoms. The SMILES string of the molecule is COc1cc([C@@H](N)CC2CC2)ccc1O.Cl. The van der Waals surface area contributed by atoms with Crippen molar-refractivity contribution in [3.63, 3.8) is 0 Å². The maximum absolute atomic E-state index is 9.45. The first-order valence-corrected chi connectivity index (χ1v) is 5.33. The number of rotatable bonds is 4. The first kappa shape index (κ1) is 13.1. The van der Waals surface area contributed by atoms with Gasteiger partial charge in [-0.1, -0.05) is 18.9 Å². The highest BCUT2D eigenvalue weighted by Crippen LogP contribution is 2.38. The van der Waals surface area contributed by atoms with E-state index >= 15 is 0 Å². The molecule has 0 spiro atoms. The van der Waals surface area contributed by atoms with Crippen molar-refractivity contribution in [2.75, 3.05) is 7.11 Å². The Morgan fingerprint density at radius 2 is 2.19 bits per heavy atom. The molecule has 1 aromatic carbocycles. The minimum absolute atomic E-state index is 0. The van der Waals surface area contributed by atoms with Crippen LogP contribution in [-0.2, 0) is 0 Å². The van der Waals surface area contributed by atoms with Gasteiger partial charge in [0.2, 0.25) is 0 Å². The van der Waals surface area contributed by atoms with E-state index in [9.17, 15) is 5.11 Å². The molecule has 90 valence electrons. The highest BCUT2D eigenvalue weighted by Gasteiger charge is 2.24. The third-order valence-corrected chi connectivity index (χ3v) is 2.92. The van der Waals surface area contributed by atoms with Crippen molar-refractivity contribution in [1.29, 1.82) is 0 Å². The molecule has 3 nitrogen and oxygen atoms in total. The second kappa shape index (κ2) is 5.41. The van der Waals surface area contributed by atoms with E-state index in [0.29, 0.717) is 5.75 Å². The Bertz CT molecular complexity index is 353. The minimum atomic E-state index is 0. The van der Waals surface area contributed by atoms with Crippen molar-refractivity contribution in [3.8, 4) is 11.5 Å². The normalized spacial score (nSPS) is 16.4. The Hall–Kier alpha value is -0.930. The Balaban J connectivity index is 0.00000128. The number of halogens is 1. The summed E-state index contributed by atoms with van der Waals surface area (Å²) in [5.41, 5.74) is 7.11. The van der Waals surface area contributed by atoms with Gasteiger partial charge in [-0.15, -0.1) is 12.4 Å². The van der Waals surface area contributed by atoms with Gasteiger partial charge in [0.25, 0.3) is 0 Å². The zero-order valence-corrected chi connectivity index (χ0v) is 10.2. The van der Waals surface area contributed by atoms with Crippen LogP contribution in [0.1, 0.15) is 30.9 Å². The highest BCUT2D eigenvalue weighted by atomic mass is 35.5. The molecule has 1 aliphatic rings. The van der Waals surface area contributed by atoms with E-state index in [1.165, 1.54) is 12.8 Å². The fourth-order valence-corrected chi connectivity index (χ4v) is 1.77. The first-order valence-electron chi connectivity index (χ1n) is 5.33. The highest BCUT2D eigenvalue weighted by molar-refractivity contribution is 5.85. The predicted octanol–water partition coefficient (Wildman–Crippen LogP) is 2.62. The number of benzene rings is 1. The number of methoxy groups -OCH3 is 1. The molecule has 16 heavy (non-hydrogen) atoms. The van der Waals surface area contributed by atoms with Crippen molar-refractivity contribution < 1.29 is 9.84 Å². The zero-order valence-electron chi connectivity index (χ0n) is 9.35. The average Bonchev–Trinajstić information content (AvgIpc) is 3.02. The number of hydrogen-bond acceptors (Lipinski definition) is 3. The van der Waals surface area contributed by atoms with Gasteiger partial charge in [0.15, 0.2) is 11.5 Å². The van der Waals surface area contributed by atoms with Gasteiger partial charge in [0, 0.05) is 6.04 Å². The van der Waals surface area contributed by atoms with Crippen LogP contribution in [0, 0.1) is 5.92 Å². The van der Waals surface area contributed by atoms with Crippen molar-refractivity contribution in [2.24, 2.45) is 11.7 Å². The molecule has 1 saturated carbocycles. The Labute approximate surface area is 102 Å². The number of ether oxygens (including phenoxy) is 1. The van der Waals surface area contributed by atoms with Crippen molar-refractivity contribution in [1.82, 2.24) is 0 Å². The van der Waals surface area contributed by atoms with E-state index in [2.05, 4.69) is 0 Å². The van der Waals surface area contributed by atoms with Crippen molar-refractivity contribution >= 4 is 12.4 Å². The van der Waals surface area contributed by atoms with E-state index in [-0.39, 0.29) is 24.2 Å². The smallest absolute Gasteiger partial charge is 0.160 e. The third kappa shape index (κ3) is 3.03. The number of nitrogens with two attached hydrogens (primary N) is 1. The molecule has 1 aliphatic carbocycles. The fraction of sp³-hybridized carbons (Fsp3) is 0.500. The first-order chi connectivity index (χ1) is 7.20. The summed E-state index contributed by atoms with van der Waals surface area (Å²) < 4.78 is 5.05. The molecule has 2 rings (SSSR count). The lowest BCUT2D eigenvalue weighted by atomic mass is 10.0. The summed E-state index contributed by atoms with van der Waals surface area (Å²) in [6, 6.07) is 5.39. The molecule has 1 atom stereocenters. The van der Waals surface area contributed by atoms with E-state index in [4.69, 9.17) is 10.5 Å². The van der Waals surface area contributed by atoms with Gasteiger partial charge in [-0.2, -0.15) is 0 Å². The van der Waals surface area contributed by atoms with Crippen molar-refractivity contribution in [2.45, 2.75) is 25.3 Å². The van der Waals surface area contributed by atoms with E-state index in [1.807, 2.05) is 12.1 Å².